The van der Waals surface area contributed by atoms with Crippen LogP contribution in [0.15, 0.2) is 53.5 Å². The van der Waals surface area contributed by atoms with Crippen molar-refractivity contribution in [1.29, 1.82) is 0 Å². The van der Waals surface area contributed by atoms with Crippen LogP contribution >= 0.6 is 0 Å². The van der Waals surface area contributed by atoms with Crippen LogP contribution in [-0.2, 0) is 0 Å². The van der Waals surface area contributed by atoms with Crippen molar-refractivity contribution < 1.29 is 0 Å². The lowest BCUT2D eigenvalue weighted by atomic mass is 9.97. The molecule has 0 amide bonds. The van der Waals surface area contributed by atoms with Crippen LogP contribution in [0.25, 0.3) is 5.65 Å². The van der Waals surface area contributed by atoms with Gasteiger partial charge in [-0.1, -0.05) is 53.9 Å². The molecule has 0 bridgehead atoms. The van der Waals surface area contributed by atoms with Gasteiger partial charge in [0.2, 0.25) is 0 Å². The van der Waals surface area contributed by atoms with E-state index in [0.29, 0.717) is 0 Å². The first-order valence-corrected chi connectivity index (χ1v) is 13.3. The van der Waals surface area contributed by atoms with Gasteiger partial charge in [-0.25, -0.2) is 9.50 Å². The minimum absolute atomic E-state index is 0.160. The molecule has 2 aromatic heterocycles. The van der Waals surface area contributed by atoms with Crippen molar-refractivity contribution in [1.82, 2.24) is 19.5 Å². The van der Waals surface area contributed by atoms with E-state index in [1.165, 1.54) is 18.4 Å². The number of nitrogens with zero attached hydrogens (tertiary/aromatic N) is 6. The average Bonchev–Trinajstić information content (AvgIpc) is 3.51. The molecule has 2 aliphatic rings. The molecule has 35 heavy (non-hydrogen) atoms. The number of allylic oxidation sites excluding steroid dienone is 2. The molecule has 4 rings (SSSR count). The Morgan fingerprint density at radius 1 is 1.14 bits per heavy atom. The zero-order valence-electron chi connectivity index (χ0n) is 23.1. The molecule has 0 spiro atoms. The van der Waals surface area contributed by atoms with Gasteiger partial charge in [0, 0.05) is 37.5 Å². The Kier molecular flexibility index (Phi) is 10.7. The first kappa shape index (κ1) is 28.3. The van der Waals surface area contributed by atoms with E-state index in [1.807, 2.05) is 45.2 Å². The van der Waals surface area contributed by atoms with Crippen molar-refractivity contribution in [3.63, 3.8) is 0 Å². The van der Waals surface area contributed by atoms with Gasteiger partial charge in [0.05, 0.1) is 23.1 Å². The van der Waals surface area contributed by atoms with Crippen molar-refractivity contribution in [2.75, 3.05) is 24.5 Å². The van der Waals surface area contributed by atoms with E-state index in [-0.39, 0.29) is 6.04 Å². The highest BCUT2D eigenvalue weighted by atomic mass is 15.3. The van der Waals surface area contributed by atoms with E-state index in [1.54, 1.807) is 0 Å². The number of anilines is 1. The Morgan fingerprint density at radius 2 is 1.86 bits per heavy atom. The third-order valence-electron chi connectivity index (χ3n) is 6.65. The highest BCUT2D eigenvalue weighted by Crippen LogP contribution is 2.36. The SMILES string of the molecule is C=C/C(C)=C(\N=C)C(=C)N1CCCC[C@H]1c1cc2nc(N3CC[C@H](C)C3)c(C)cn2n1.CC.CC. The number of aryl methyl sites for hydroxylation is 1. The molecule has 0 radical (unpaired) electrons. The Morgan fingerprint density at radius 3 is 2.46 bits per heavy atom. The third-order valence-corrected chi connectivity index (χ3v) is 6.65. The minimum atomic E-state index is 0.160. The summed E-state index contributed by atoms with van der Waals surface area (Å²) in [6.07, 6.45) is 8.50. The van der Waals surface area contributed by atoms with Gasteiger partial charge in [-0.05, 0) is 57.7 Å². The zero-order valence-corrected chi connectivity index (χ0v) is 23.1. The topological polar surface area (TPSA) is 49.0 Å². The Hall–Kier alpha value is -2.89. The molecule has 0 unspecified atom stereocenters. The fourth-order valence-corrected chi connectivity index (χ4v) is 4.87. The number of piperidine rings is 1. The molecule has 0 aromatic carbocycles. The summed E-state index contributed by atoms with van der Waals surface area (Å²) in [5.74, 6) is 1.82. The predicted molar refractivity (Wildman–Crippen MR) is 151 cm³/mol. The largest absolute Gasteiger partial charge is 0.362 e. The molecule has 0 saturated carbocycles. The molecule has 2 atom stereocenters. The van der Waals surface area contributed by atoms with E-state index in [0.717, 1.165) is 72.5 Å². The molecule has 2 aromatic rings. The molecule has 2 aliphatic heterocycles. The Bertz CT molecular complexity index is 1050. The molecule has 2 saturated heterocycles. The zero-order chi connectivity index (χ0) is 26.1. The van der Waals surface area contributed by atoms with Gasteiger partial charge in [0.15, 0.2) is 5.65 Å². The lowest BCUT2D eigenvalue weighted by Crippen LogP contribution is -2.33. The molecule has 0 aliphatic carbocycles. The van der Waals surface area contributed by atoms with Crippen LogP contribution in [0.1, 0.15) is 84.5 Å². The van der Waals surface area contributed by atoms with E-state index in [2.05, 4.69) is 60.8 Å². The predicted octanol–water partition coefficient (Wildman–Crippen LogP) is 7.14. The fraction of sp³-hybridized carbons (Fsp3) is 0.552. The summed E-state index contributed by atoms with van der Waals surface area (Å²) in [5, 5.41) is 4.93. The lowest BCUT2D eigenvalue weighted by molar-refractivity contribution is 0.196. The van der Waals surface area contributed by atoms with Crippen LogP contribution < -0.4 is 4.90 Å². The number of fused-ring (bicyclic) bond motifs is 1. The maximum absolute atomic E-state index is 5.00. The first-order chi connectivity index (χ1) is 16.9. The number of likely N-dealkylation sites (tertiary alicyclic amines) is 1. The van der Waals surface area contributed by atoms with E-state index >= 15 is 0 Å². The van der Waals surface area contributed by atoms with E-state index < -0.39 is 0 Å². The molecule has 0 N–H and O–H groups in total. The van der Waals surface area contributed by atoms with E-state index in [4.69, 9.17) is 10.1 Å². The summed E-state index contributed by atoms with van der Waals surface area (Å²) >= 11 is 0. The standard InChI is InChI=1S/C25H34N6.2C2H6/c1-7-18(3)24(26-6)20(5)30-12-9-8-10-22(30)21-14-23-27-25(19(4)16-31(23)28-21)29-13-11-17(2)15-29;2*1-2/h7,14,16-17,22H,1,5-6,8-13,15H2,2-4H3;2*1-2H3/b24-18-;;/t17-,22-;;/m0../s1. The Balaban J connectivity index is 0.00000103. The Labute approximate surface area is 213 Å². The molecule has 4 heterocycles. The van der Waals surface area contributed by atoms with Crippen LogP contribution in [0.4, 0.5) is 5.82 Å². The average molecular weight is 479 g/mol. The van der Waals surface area contributed by atoms with Crippen LogP contribution in [0.5, 0.6) is 0 Å². The van der Waals surface area contributed by atoms with E-state index in [9.17, 15) is 0 Å². The first-order valence-electron chi connectivity index (χ1n) is 13.3. The molecule has 2 fully saturated rings. The van der Waals surface area contributed by atoms with Crippen molar-refractivity contribution in [3.05, 3.63) is 59.7 Å². The number of aromatic nitrogens is 3. The minimum Gasteiger partial charge on any atom is -0.362 e. The molecule has 6 heteroatoms. The normalized spacial score (nSPS) is 20.3. The maximum atomic E-state index is 5.00. The second-order valence-electron chi connectivity index (χ2n) is 9.00. The van der Waals surface area contributed by atoms with Crippen LogP contribution in [-0.4, -0.2) is 45.8 Å². The molecule has 6 nitrogen and oxygen atoms in total. The van der Waals surface area contributed by atoms with Gasteiger partial charge < -0.3 is 9.80 Å². The molecule has 192 valence electrons. The summed E-state index contributed by atoms with van der Waals surface area (Å²) in [5.41, 5.74) is 5.81. The van der Waals surface area contributed by atoms with Crippen molar-refractivity contribution in [3.8, 4) is 0 Å². The van der Waals surface area contributed by atoms with Gasteiger partial charge in [0.1, 0.15) is 5.82 Å². The van der Waals surface area contributed by atoms with Gasteiger partial charge in [-0.15, -0.1) is 0 Å². The van der Waals surface area contributed by atoms with Crippen LogP contribution in [0.3, 0.4) is 0 Å². The third kappa shape index (κ3) is 6.22. The molecular weight excluding hydrogens is 432 g/mol. The number of hydrogen-bond donors (Lipinski definition) is 0. The highest BCUT2D eigenvalue weighted by molar-refractivity contribution is 5.54. The number of rotatable bonds is 6. The summed E-state index contributed by atoms with van der Waals surface area (Å²) in [6.45, 7) is 29.5. The van der Waals surface area contributed by atoms with Crippen molar-refractivity contribution in [2.45, 2.75) is 80.2 Å². The maximum Gasteiger partial charge on any atom is 0.157 e. The summed E-state index contributed by atoms with van der Waals surface area (Å²) < 4.78 is 1.93. The summed E-state index contributed by atoms with van der Waals surface area (Å²) in [6, 6.07) is 2.30. The van der Waals surface area contributed by atoms with Gasteiger partial charge >= 0.3 is 0 Å². The highest BCUT2D eigenvalue weighted by Gasteiger charge is 2.29. The van der Waals surface area contributed by atoms with Crippen molar-refractivity contribution >= 4 is 18.2 Å². The van der Waals surface area contributed by atoms with Gasteiger partial charge in [0.25, 0.3) is 0 Å². The molecular formula is C29H46N6. The monoisotopic (exact) mass is 478 g/mol. The van der Waals surface area contributed by atoms with Crippen molar-refractivity contribution in [2.24, 2.45) is 10.9 Å². The summed E-state index contributed by atoms with van der Waals surface area (Å²) in [7, 11) is 0. The van der Waals surface area contributed by atoms with Gasteiger partial charge in [-0.3, -0.25) is 4.99 Å². The van der Waals surface area contributed by atoms with Crippen LogP contribution in [0, 0.1) is 12.8 Å². The number of hydrogen-bond acceptors (Lipinski definition) is 5. The summed E-state index contributed by atoms with van der Waals surface area (Å²) in [4.78, 5) is 14.0. The van der Waals surface area contributed by atoms with Gasteiger partial charge in [-0.2, -0.15) is 5.10 Å². The fourth-order valence-electron chi connectivity index (χ4n) is 4.87. The smallest absolute Gasteiger partial charge is 0.157 e. The second kappa shape index (κ2) is 13.3. The van der Waals surface area contributed by atoms with Crippen LogP contribution in [0.2, 0.25) is 0 Å². The second-order valence-corrected chi connectivity index (χ2v) is 9.00. The quantitative estimate of drug-likeness (QED) is 0.327. The lowest BCUT2D eigenvalue weighted by Gasteiger charge is -2.38. The number of aliphatic imine (C=N–C) groups is 1.